The van der Waals surface area contributed by atoms with Crippen LogP contribution in [-0.4, -0.2) is 36.3 Å². The van der Waals surface area contributed by atoms with E-state index in [-0.39, 0.29) is 23.7 Å². The zero-order valence-electron chi connectivity index (χ0n) is 16.2. The van der Waals surface area contributed by atoms with Crippen molar-refractivity contribution in [1.29, 1.82) is 0 Å². The van der Waals surface area contributed by atoms with Gasteiger partial charge in [0, 0.05) is 29.8 Å². The number of piperidine rings is 1. The molecule has 1 aliphatic heterocycles. The van der Waals surface area contributed by atoms with Crippen LogP contribution in [0.1, 0.15) is 30.1 Å². The molecule has 1 heterocycles. The first-order valence-electron chi connectivity index (χ1n) is 9.53. The van der Waals surface area contributed by atoms with E-state index in [1.54, 1.807) is 30.3 Å². The van der Waals surface area contributed by atoms with Gasteiger partial charge in [0.05, 0.1) is 10.5 Å². The van der Waals surface area contributed by atoms with Crippen molar-refractivity contribution >= 4 is 29.1 Å². The number of halogens is 1. The van der Waals surface area contributed by atoms with Gasteiger partial charge in [-0.3, -0.25) is 10.1 Å². The number of benzene rings is 2. The summed E-state index contributed by atoms with van der Waals surface area (Å²) in [5.41, 5.74) is 0.587. The van der Waals surface area contributed by atoms with Crippen molar-refractivity contribution in [3.63, 3.8) is 0 Å². The molecule has 0 saturated carbocycles. The number of carbonyl (C=O) groups is 1. The van der Waals surface area contributed by atoms with Crippen molar-refractivity contribution in [2.45, 2.75) is 24.7 Å². The summed E-state index contributed by atoms with van der Waals surface area (Å²) in [7, 11) is 0. The average Bonchev–Trinajstić information content (AvgIpc) is 2.71. The van der Waals surface area contributed by atoms with Gasteiger partial charge in [0.25, 0.3) is 5.69 Å². The van der Waals surface area contributed by atoms with Gasteiger partial charge < -0.3 is 9.64 Å². The number of rotatable bonds is 7. The SMILES string of the molecule is C[C@@H]1CCCN(c2ccc(C(=O)OCCSc3ccccc3F)cc2[N+](=O)[O-])C1. The van der Waals surface area contributed by atoms with Crippen LogP contribution in [0.4, 0.5) is 15.8 Å². The Hall–Kier alpha value is -2.61. The lowest BCUT2D eigenvalue weighted by Gasteiger charge is -2.32. The van der Waals surface area contributed by atoms with Crippen molar-refractivity contribution < 1.29 is 18.8 Å². The summed E-state index contributed by atoms with van der Waals surface area (Å²) in [6.07, 6.45) is 2.10. The Morgan fingerprint density at radius 1 is 1.34 bits per heavy atom. The van der Waals surface area contributed by atoms with Gasteiger partial charge in [-0.15, -0.1) is 11.8 Å². The summed E-state index contributed by atoms with van der Waals surface area (Å²) in [4.78, 5) is 25.9. The number of carbonyl (C=O) groups excluding carboxylic acids is 1. The lowest BCUT2D eigenvalue weighted by Crippen LogP contribution is -2.34. The molecular formula is C21H23FN2O4S. The van der Waals surface area contributed by atoms with Gasteiger partial charge in [-0.1, -0.05) is 19.1 Å². The summed E-state index contributed by atoms with van der Waals surface area (Å²) < 4.78 is 18.8. The first-order chi connectivity index (χ1) is 14.0. The number of esters is 1. The number of thioether (sulfide) groups is 1. The Labute approximate surface area is 173 Å². The van der Waals surface area contributed by atoms with Gasteiger partial charge in [0.2, 0.25) is 0 Å². The molecule has 0 aliphatic carbocycles. The highest BCUT2D eigenvalue weighted by Gasteiger charge is 2.25. The number of hydrogen-bond acceptors (Lipinski definition) is 6. The quantitative estimate of drug-likeness (QED) is 0.209. The van der Waals surface area contributed by atoms with Gasteiger partial charge in [0.1, 0.15) is 18.1 Å². The largest absolute Gasteiger partial charge is 0.461 e. The van der Waals surface area contributed by atoms with Crippen LogP contribution in [0.5, 0.6) is 0 Å². The molecule has 0 radical (unpaired) electrons. The number of nitro benzene ring substituents is 1. The fourth-order valence-electron chi connectivity index (χ4n) is 3.40. The third-order valence-electron chi connectivity index (χ3n) is 4.82. The van der Waals surface area contributed by atoms with E-state index in [1.165, 1.54) is 23.9 Å². The van der Waals surface area contributed by atoms with E-state index in [0.29, 0.717) is 22.3 Å². The summed E-state index contributed by atoms with van der Waals surface area (Å²) in [6, 6.07) is 10.8. The number of ether oxygens (including phenoxy) is 1. The summed E-state index contributed by atoms with van der Waals surface area (Å²) in [5, 5.41) is 11.6. The highest BCUT2D eigenvalue weighted by molar-refractivity contribution is 7.99. The third-order valence-corrected chi connectivity index (χ3v) is 5.83. The minimum Gasteiger partial charge on any atom is -0.461 e. The maximum atomic E-state index is 13.6. The Balaban J connectivity index is 1.62. The molecule has 0 N–H and O–H groups in total. The average molecular weight is 418 g/mol. The fourth-order valence-corrected chi connectivity index (χ4v) is 4.17. The van der Waals surface area contributed by atoms with E-state index >= 15 is 0 Å². The second-order valence-electron chi connectivity index (χ2n) is 7.07. The molecule has 8 heteroatoms. The van der Waals surface area contributed by atoms with Crippen LogP contribution in [0.3, 0.4) is 0 Å². The maximum Gasteiger partial charge on any atom is 0.338 e. The molecule has 0 spiro atoms. The second kappa shape index (κ2) is 9.73. The molecule has 154 valence electrons. The molecule has 1 fully saturated rings. The highest BCUT2D eigenvalue weighted by Crippen LogP contribution is 2.32. The van der Waals surface area contributed by atoms with E-state index < -0.39 is 10.9 Å². The smallest absolute Gasteiger partial charge is 0.338 e. The van der Waals surface area contributed by atoms with Gasteiger partial charge in [-0.05, 0) is 43.0 Å². The first-order valence-corrected chi connectivity index (χ1v) is 10.5. The second-order valence-corrected chi connectivity index (χ2v) is 8.21. The Bertz CT molecular complexity index is 893. The predicted molar refractivity (Wildman–Crippen MR) is 111 cm³/mol. The molecule has 3 rings (SSSR count). The van der Waals surface area contributed by atoms with Gasteiger partial charge >= 0.3 is 5.97 Å². The zero-order chi connectivity index (χ0) is 20.8. The van der Waals surface area contributed by atoms with Gasteiger partial charge in [-0.25, -0.2) is 9.18 Å². The van der Waals surface area contributed by atoms with E-state index in [9.17, 15) is 19.3 Å². The van der Waals surface area contributed by atoms with E-state index in [2.05, 4.69) is 6.92 Å². The molecule has 1 aliphatic rings. The Kier molecular flexibility index (Phi) is 7.09. The highest BCUT2D eigenvalue weighted by atomic mass is 32.2. The molecule has 29 heavy (non-hydrogen) atoms. The normalized spacial score (nSPS) is 16.5. The number of nitrogens with zero attached hydrogens (tertiary/aromatic N) is 2. The molecule has 0 aromatic heterocycles. The van der Waals surface area contributed by atoms with Crippen LogP contribution in [0.2, 0.25) is 0 Å². The van der Waals surface area contributed by atoms with Gasteiger partial charge in [-0.2, -0.15) is 0 Å². The summed E-state index contributed by atoms with van der Waals surface area (Å²) in [6.45, 7) is 3.74. The van der Waals surface area contributed by atoms with E-state index in [0.717, 1.165) is 25.9 Å². The Morgan fingerprint density at radius 3 is 2.86 bits per heavy atom. The monoisotopic (exact) mass is 418 g/mol. The lowest BCUT2D eigenvalue weighted by atomic mass is 9.99. The molecule has 1 atom stereocenters. The van der Waals surface area contributed by atoms with Crippen LogP contribution in [0, 0.1) is 21.8 Å². The molecule has 0 amide bonds. The van der Waals surface area contributed by atoms with Crippen LogP contribution >= 0.6 is 11.8 Å². The number of nitro groups is 1. The van der Waals surface area contributed by atoms with Crippen LogP contribution < -0.4 is 4.90 Å². The topological polar surface area (TPSA) is 72.7 Å². The van der Waals surface area contributed by atoms with Crippen LogP contribution in [0.15, 0.2) is 47.4 Å². The number of hydrogen-bond donors (Lipinski definition) is 0. The maximum absolute atomic E-state index is 13.6. The zero-order valence-corrected chi connectivity index (χ0v) is 17.0. The van der Waals surface area contributed by atoms with Crippen molar-refractivity contribution in [2.75, 3.05) is 30.3 Å². The fraction of sp³-hybridized carbons (Fsp3) is 0.381. The van der Waals surface area contributed by atoms with Crippen molar-refractivity contribution in [3.8, 4) is 0 Å². The summed E-state index contributed by atoms with van der Waals surface area (Å²) >= 11 is 1.25. The van der Waals surface area contributed by atoms with Gasteiger partial charge in [0.15, 0.2) is 0 Å². The molecule has 2 aromatic rings. The molecule has 0 unspecified atom stereocenters. The summed E-state index contributed by atoms with van der Waals surface area (Å²) in [5.74, 6) is -0.0822. The number of anilines is 1. The van der Waals surface area contributed by atoms with Crippen molar-refractivity contribution in [3.05, 3.63) is 64.0 Å². The van der Waals surface area contributed by atoms with E-state index in [1.807, 2.05) is 4.90 Å². The van der Waals surface area contributed by atoms with Crippen LogP contribution in [0.25, 0.3) is 0 Å². The van der Waals surface area contributed by atoms with Crippen molar-refractivity contribution in [1.82, 2.24) is 0 Å². The molecular weight excluding hydrogens is 395 g/mol. The Morgan fingerprint density at radius 2 is 2.14 bits per heavy atom. The minimum absolute atomic E-state index is 0.0804. The van der Waals surface area contributed by atoms with Crippen LogP contribution in [-0.2, 0) is 4.74 Å². The third kappa shape index (κ3) is 5.47. The predicted octanol–water partition coefficient (Wildman–Crippen LogP) is 4.92. The van der Waals surface area contributed by atoms with E-state index in [4.69, 9.17) is 4.74 Å². The van der Waals surface area contributed by atoms with Crippen molar-refractivity contribution in [2.24, 2.45) is 5.92 Å². The lowest BCUT2D eigenvalue weighted by molar-refractivity contribution is -0.384. The molecule has 1 saturated heterocycles. The standard InChI is InChI=1S/C21H23FN2O4S/c1-15-5-4-10-23(14-15)18-9-8-16(13-19(18)24(26)27)21(25)28-11-12-29-20-7-3-2-6-17(20)22/h2-3,6-9,13,15H,4-5,10-12,14H2,1H3/t15-/m1/s1. The molecule has 0 bridgehead atoms. The first kappa shape index (κ1) is 21.1. The molecule has 2 aromatic carbocycles. The minimum atomic E-state index is -0.624. The molecule has 6 nitrogen and oxygen atoms in total.